The number of carbonyl (C=O) groups is 2. The zero-order chi connectivity index (χ0) is 30.1. The van der Waals surface area contributed by atoms with Gasteiger partial charge >= 0.3 is 5.97 Å². The van der Waals surface area contributed by atoms with Gasteiger partial charge in [-0.1, -0.05) is 17.7 Å². The van der Waals surface area contributed by atoms with Crippen molar-refractivity contribution in [3.8, 4) is 5.75 Å². The number of methoxy groups -OCH3 is 1. The number of aromatic nitrogens is 2. The minimum atomic E-state index is -1.50. The average molecular weight is 587 g/mol. The van der Waals surface area contributed by atoms with Gasteiger partial charge in [-0.05, 0) is 67.1 Å². The maximum absolute atomic E-state index is 13.4. The zero-order valence-corrected chi connectivity index (χ0v) is 22.4. The fourth-order valence-corrected chi connectivity index (χ4v) is 4.08. The van der Waals surface area contributed by atoms with E-state index < -0.39 is 16.1 Å². The Morgan fingerprint density at radius 3 is 2.27 bits per heavy atom. The Morgan fingerprint density at radius 2 is 1.66 bits per heavy atom. The topological polar surface area (TPSA) is 186 Å². The normalized spacial score (nSPS) is 10.3. The van der Waals surface area contributed by atoms with Gasteiger partial charge in [0.1, 0.15) is 19.0 Å². The highest BCUT2D eigenvalue weighted by Crippen LogP contribution is 2.31. The standard InChI is InChI=1S/C26H22ClN3O7.HNO3/c1-16-22(13-25(31)36-14-19-4-3-5-20(28-19)15-37-30(33)34)23-12-21(35-2)10-11-24(23)29(16)26(32)17-6-8-18(27)9-7-17;2-1(3)4/h3-12H,13-15H2,1-2H3;(H,2,3,4). The third kappa shape index (κ3) is 8.12. The van der Waals surface area contributed by atoms with Crippen LogP contribution in [-0.2, 0) is 34.0 Å². The quantitative estimate of drug-likeness (QED) is 0.167. The van der Waals surface area contributed by atoms with E-state index in [0.29, 0.717) is 49.9 Å². The third-order valence-corrected chi connectivity index (χ3v) is 5.97. The van der Waals surface area contributed by atoms with Crippen LogP contribution >= 0.6 is 11.6 Å². The molecule has 0 unspecified atom stereocenters. The molecule has 0 spiro atoms. The molecule has 15 heteroatoms. The highest BCUT2D eigenvalue weighted by molar-refractivity contribution is 6.30. The van der Waals surface area contributed by atoms with E-state index >= 15 is 0 Å². The molecule has 4 aromatic rings. The van der Waals surface area contributed by atoms with Crippen LogP contribution in [-0.4, -0.2) is 43.9 Å². The van der Waals surface area contributed by atoms with Crippen LogP contribution in [0, 0.1) is 27.2 Å². The second-order valence-electron chi connectivity index (χ2n) is 8.29. The van der Waals surface area contributed by atoms with Crippen molar-refractivity contribution in [2.75, 3.05) is 7.11 Å². The number of rotatable bonds is 9. The number of fused-ring (bicyclic) bond motifs is 1. The van der Waals surface area contributed by atoms with Crippen molar-refractivity contribution in [1.29, 1.82) is 0 Å². The predicted octanol–water partition coefficient (Wildman–Crippen LogP) is 4.34. The molecule has 41 heavy (non-hydrogen) atoms. The van der Waals surface area contributed by atoms with E-state index in [1.54, 1.807) is 72.2 Å². The van der Waals surface area contributed by atoms with Crippen molar-refractivity contribution in [3.63, 3.8) is 0 Å². The lowest BCUT2D eigenvalue weighted by atomic mass is 10.1. The summed E-state index contributed by atoms with van der Waals surface area (Å²) in [4.78, 5) is 53.5. The molecule has 0 aliphatic heterocycles. The van der Waals surface area contributed by atoms with E-state index in [0.717, 1.165) is 0 Å². The van der Waals surface area contributed by atoms with Crippen LogP contribution in [0.15, 0.2) is 60.7 Å². The lowest BCUT2D eigenvalue weighted by Gasteiger charge is -2.08. The molecule has 0 bridgehead atoms. The van der Waals surface area contributed by atoms with Gasteiger partial charge in [0, 0.05) is 21.7 Å². The van der Waals surface area contributed by atoms with Crippen LogP contribution < -0.4 is 4.74 Å². The van der Waals surface area contributed by atoms with Crippen LogP contribution in [0.1, 0.15) is 33.0 Å². The molecule has 14 nitrogen and oxygen atoms in total. The fourth-order valence-electron chi connectivity index (χ4n) is 3.95. The molecule has 0 radical (unpaired) electrons. The van der Waals surface area contributed by atoms with E-state index in [1.807, 2.05) is 0 Å². The van der Waals surface area contributed by atoms with Crippen LogP contribution in [0.25, 0.3) is 10.9 Å². The third-order valence-electron chi connectivity index (χ3n) is 5.72. The van der Waals surface area contributed by atoms with E-state index in [2.05, 4.69) is 9.82 Å². The van der Waals surface area contributed by atoms with Gasteiger partial charge in [0.25, 0.3) is 16.1 Å². The average Bonchev–Trinajstić information content (AvgIpc) is 3.20. The minimum Gasteiger partial charge on any atom is -0.497 e. The van der Waals surface area contributed by atoms with Crippen LogP contribution in [0.5, 0.6) is 5.75 Å². The molecular formula is C26H23ClN4O10. The molecule has 0 atom stereocenters. The van der Waals surface area contributed by atoms with E-state index in [9.17, 15) is 19.7 Å². The summed E-state index contributed by atoms with van der Waals surface area (Å²) in [6.45, 7) is 1.33. The largest absolute Gasteiger partial charge is 0.497 e. The Labute approximate surface area is 236 Å². The highest BCUT2D eigenvalue weighted by Gasteiger charge is 2.22. The molecule has 0 fully saturated rings. The number of hydrogen-bond acceptors (Lipinski definition) is 10. The summed E-state index contributed by atoms with van der Waals surface area (Å²) < 4.78 is 12.3. The van der Waals surface area contributed by atoms with Crippen molar-refractivity contribution < 1.29 is 39.3 Å². The van der Waals surface area contributed by atoms with E-state index in [-0.39, 0.29) is 25.5 Å². The summed E-state index contributed by atoms with van der Waals surface area (Å²) in [6, 6.07) is 16.7. The molecule has 2 aromatic heterocycles. The van der Waals surface area contributed by atoms with Crippen molar-refractivity contribution in [1.82, 2.24) is 9.55 Å². The number of hydrogen-bond donors (Lipinski definition) is 1. The molecule has 2 aromatic carbocycles. The highest BCUT2D eigenvalue weighted by atomic mass is 35.5. The first kappa shape index (κ1) is 30.3. The van der Waals surface area contributed by atoms with Crippen LogP contribution in [0.4, 0.5) is 0 Å². The molecule has 0 aliphatic carbocycles. The first-order valence-electron chi connectivity index (χ1n) is 11.7. The number of esters is 1. The number of pyridine rings is 1. The minimum absolute atomic E-state index is 0.0967. The molecule has 0 saturated carbocycles. The molecule has 2 heterocycles. The monoisotopic (exact) mass is 586 g/mol. The number of carbonyl (C=O) groups excluding carboxylic acids is 2. The first-order valence-corrected chi connectivity index (χ1v) is 12.1. The van der Waals surface area contributed by atoms with Gasteiger partial charge in [-0.3, -0.25) is 19.1 Å². The van der Waals surface area contributed by atoms with Crippen LogP contribution in [0.3, 0.4) is 0 Å². The Bertz CT molecular complexity index is 1580. The molecule has 214 valence electrons. The lowest BCUT2D eigenvalue weighted by Crippen LogP contribution is -2.14. The Hall–Kier alpha value is -5.24. The summed E-state index contributed by atoms with van der Waals surface area (Å²) >= 11 is 5.97. The number of ether oxygens (including phenoxy) is 2. The first-order chi connectivity index (χ1) is 19.5. The van der Waals surface area contributed by atoms with E-state index in [1.165, 1.54) is 7.11 Å². The molecule has 0 saturated heterocycles. The van der Waals surface area contributed by atoms with Crippen molar-refractivity contribution in [2.45, 2.75) is 26.6 Å². The summed E-state index contributed by atoms with van der Waals surface area (Å²) in [5, 5.41) is 24.3. The fraction of sp³-hybridized carbons (Fsp3) is 0.192. The van der Waals surface area contributed by atoms with Gasteiger partial charge in [0.05, 0.1) is 30.4 Å². The van der Waals surface area contributed by atoms with Crippen molar-refractivity contribution in [3.05, 3.63) is 114 Å². The molecular weight excluding hydrogens is 564 g/mol. The second-order valence-corrected chi connectivity index (χ2v) is 8.72. The molecule has 1 N–H and O–H groups in total. The predicted molar refractivity (Wildman–Crippen MR) is 143 cm³/mol. The number of nitrogens with zero attached hydrogens (tertiary/aromatic N) is 4. The number of benzene rings is 2. The maximum atomic E-state index is 13.4. The van der Waals surface area contributed by atoms with Gasteiger partial charge in [-0.25, -0.2) is 0 Å². The zero-order valence-electron chi connectivity index (χ0n) is 21.7. The molecule has 4 rings (SSSR count). The lowest BCUT2D eigenvalue weighted by molar-refractivity contribution is -0.763. The molecule has 0 aliphatic rings. The maximum Gasteiger partial charge on any atom is 0.310 e. The van der Waals surface area contributed by atoms with Gasteiger partial charge in [0.15, 0.2) is 0 Å². The van der Waals surface area contributed by atoms with Gasteiger partial charge < -0.3 is 19.5 Å². The summed E-state index contributed by atoms with van der Waals surface area (Å²) in [5.41, 5.74) is 3.04. The van der Waals surface area contributed by atoms with Crippen LogP contribution in [0.2, 0.25) is 5.02 Å². The van der Waals surface area contributed by atoms with Crippen molar-refractivity contribution in [2.24, 2.45) is 0 Å². The Kier molecular flexibility index (Phi) is 10.1. The van der Waals surface area contributed by atoms with Gasteiger partial charge in [-0.2, -0.15) is 0 Å². The van der Waals surface area contributed by atoms with E-state index in [4.69, 9.17) is 36.4 Å². The second kappa shape index (κ2) is 13.7. The summed E-state index contributed by atoms with van der Waals surface area (Å²) in [6.07, 6.45) is -0.0967. The smallest absolute Gasteiger partial charge is 0.310 e. The Morgan fingerprint density at radius 1 is 1.02 bits per heavy atom. The number of halogens is 1. The molecule has 0 amide bonds. The summed E-state index contributed by atoms with van der Waals surface area (Å²) in [7, 11) is 1.54. The Balaban J connectivity index is 0.00000108. The summed E-state index contributed by atoms with van der Waals surface area (Å²) in [5.74, 6) is -0.212. The SMILES string of the molecule is COc1ccc2c(c1)c(CC(=O)OCc1cccc(CO[N+](=O)[O-])n1)c(C)n2C(=O)c1ccc(Cl)cc1.O=[N+]([O-])O. The van der Waals surface area contributed by atoms with Crippen molar-refractivity contribution >= 4 is 34.4 Å². The van der Waals surface area contributed by atoms with Gasteiger partial charge in [0.2, 0.25) is 0 Å². The van der Waals surface area contributed by atoms with Gasteiger partial charge in [-0.15, -0.1) is 20.2 Å².